The number of rotatable bonds is 17. The number of allylic oxidation sites excluding steroid dienone is 1. The van der Waals surface area contributed by atoms with Gasteiger partial charge in [0.2, 0.25) is 0 Å². The third kappa shape index (κ3) is 12.6. The van der Waals surface area contributed by atoms with Crippen molar-refractivity contribution in [2.75, 3.05) is 12.9 Å². The van der Waals surface area contributed by atoms with Crippen LogP contribution in [0.25, 0.3) is 0 Å². The van der Waals surface area contributed by atoms with Crippen molar-refractivity contribution >= 4 is 23.7 Å². The Morgan fingerprint density at radius 2 is 1.61 bits per heavy atom. The number of ether oxygens (including phenoxy) is 1. The number of aliphatic carboxylic acids is 1. The molecule has 0 aromatic carbocycles. The summed E-state index contributed by atoms with van der Waals surface area (Å²) in [4.78, 5) is 22.7. The first-order valence-electron chi connectivity index (χ1n) is 12.3. The molecule has 2 N–H and O–H groups in total. The molecule has 6 heteroatoms. The van der Waals surface area contributed by atoms with E-state index >= 15 is 0 Å². The van der Waals surface area contributed by atoms with Gasteiger partial charge >= 0.3 is 11.9 Å². The standard InChI is InChI=1S/C25H44O5S/c1-3-4-5-6-7-8-9-10-11-12-13-14-15-20-16-17-21(18-22(26)27)24(29)25(20)31-19-23(28)30-2/h15,21,24-25,29H,3-14,16-19H2,1-2H3,(H,26,27)/b20-15+/t21-,24-,25-/m0/s1. The largest absolute Gasteiger partial charge is 0.481 e. The fourth-order valence-electron chi connectivity index (χ4n) is 4.32. The van der Waals surface area contributed by atoms with Gasteiger partial charge in [-0.15, -0.1) is 11.8 Å². The second-order valence-corrected chi connectivity index (χ2v) is 9.93. The van der Waals surface area contributed by atoms with Crippen LogP contribution in [-0.4, -0.2) is 46.4 Å². The summed E-state index contributed by atoms with van der Waals surface area (Å²) in [5, 5.41) is 19.6. The SMILES string of the molecule is CCCCCCCCCCCCC/C=C1\CC[C@@H](CC(=O)O)[C@H](O)[C@H]1SCC(=O)OC. The van der Waals surface area contributed by atoms with Crippen molar-refractivity contribution in [2.45, 2.75) is 115 Å². The summed E-state index contributed by atoms with van der Waals surface area (Å²) in [6.45, 7) is 2.25. The lowest BCUT2D eigenvalue weighted by Crippen LogP contribution is -2.38. The van der Waals surface area contributed by atoms with E-state index in [4.69, 9.17) is 9.84 Å². The fraction of sp³-hybridized carbons (Fsp3) is 0.840. The van der Waals surface area contributed by atoms with Gasteiger partial charge in [0.15, 0.2) is 0 Å². The third-order valence-electron chi connectivity index (χ3n) is 6.22. The minimum atomic E-state index is -0.880. The van der Waals surface area contributed by atoms with Crippen LogP contribution >= 0.6 is 11.8 Å². The van der Waals surface area contributed by atoms with E-state index in [1.807, 2.05) is 0 Å². The van der Waals surface area contributed by atoms with Gasteiger partial charge in [0.1, 0.15) is 0 Å². The predicted octanol–water partition coefficient (Wildman–Crippen LogP) is 6.13. The number of esters is 1. The number of unbranched alkanes of at least 4 members (excludes halogenated alkanes) is 11. The Morgan fingerprint density at radius 3 is 2.16 bits per heavy atom. The molecule has 5 nitrogen and oxygen atoms in total. The number of carboxylic acids is 1. The zero-order chi connectivity index (χ0) is 22.9. The number of aliphatic hydroxyl groups is 1. The summed E-state index contributed by atoms with van der Waals surface area (Å²) in [6.07, 6.45) is 18.4. The molecule has 0 spiro atoms. The summed E-state index contributed by atoms with van der Waals surface area (Å²) < 4.78 is 4.73. The van der Waals surface area contributed by atoms with Crippen molar-refractivity contribution in [3.63, 3.8) is 0 Å². The minimum Gasteiger partial charge on any atom is -0.481 e. The maximum atomic E-state index is 11.6. The second-order valence-electron chi connectivity index (χ2n) is 8.80. The first-order chi connectivity index (χ1) is 15.0. The van der Waals surface area contributed by atoms with Crippen LogP contribution in [0.2, 0.25) is 0 Å². The molecule has 1 aliphatic rings. The van der Waals surface area contributed by atoms with E-state index in [-0.39, 0.29) is 29.3 Å². The van der Waals surface area contributed by atoms with Crippen LogP contribution in [0.5, 0.6) is 0 Å². The van der Waals surface area contributed by atoms with Gasteiger partial charge in [-0.25, -0.2) is 0 Å². The Kier molecular flexibility index (Phi) is 15.9. The van der Waals surface area contributed by atoms with Crippen molar-refractivity contribution < 1.29 is 24.5 Å². The summed E-state index contributed by atoms with van der Waals surface area (Å²) in [7, 11) is 1.36. The molecule has 1 fully saturated rings. The highest BCUT2D eigenvalue weighted by Gasteiger charge is 2.36. The molecule has 1 rings (SSSR count). The number of carbonyl (C=O) groups is 2. The monoisotopic (exact) mass is 456 g/mol. The van der Waals surface area contributed by atoms with Gasteiger partial charge in [-0.1, -0.05) is 82.8 Å². The molecule has 0 heterocycles. The second kappa shape index (κ2) is 17.5. The van der Waals surface area contributed by atoms with Crippen LogP contribution in [0.1, 0.15) is 103 Å². The lowest BCUT2D eigenvalue weighted by atomic mass is 9.80. The molecule has 0 saturated heterocycles. The molecule has 0 aromatic rings. The zero-order valence-corrected chi connectivity index (χ0v) is 20.5. The third-order valence-corrected chi connectivity index (χ3v) is 7.56. The van der Waals surface area contributed by atoms with Crippen molar-refractivity contribution in [1.29, 1.82) is 0 Å². The molecule has 0 unspecified atom stereocenters. The summed E-state index contributed by atoms with van der Waals surface area (Å²) in [6, 6.07) is 0. The highest BCUT2D eigenvalue weighted by atomic mass is 32.2. The number of hydrogen-bond acceptors (Lipinski definition) is 5. The van der Waals surface area contributed by atoms with E-state index in [0.29, 0.717) is 6.42 Å². The first kappa shape index (κ1) is 28.0. The summed E-state index contributed by atoms with van der Waals surface area (Å²) in [5.41, 5.74) is 1.16. The van der Waals surface area contributed by atoms with Crippen LogP contribution in [0.15, 0.2) is 11.6 Å². The number of carboxylic acid groups (broad SMARTS) is 1. The van der Waals surface area contributed by atoms with Crippen LogP contribution in [-0.2, 0) is 14.3 Å². The van der Waals surface area contributed by atoms with E-state index in [2.05, 4.69) is 13.0 Å². The average Bonchev–Trinajstić information content (AvgIpc) is 2.75. The van der Waals surface area contributed by atoms with Crippen LogP contribution in [0, 0.1) is 5.92 Å². The maximum Gasteiger partial charge on any atom is 0.315 e. The molecule has 0 radical (unpaired) electrons. The van der Waals surface area contributed by atoms with Crippen LogP contribution in [0.3, 0.4) is 0 Å². The van der Waals surface area contributed by atoms with Gasteiger partial charge in [0.05, 0.1) is 30.6 Å². The zero-order valence-electron chi connectivity index (χ0n) is 19.7. The molecular formula is C25H44O5S. The van der Waals surface area contributed by atoms with Crippen molar-refractivity contribution in [3.05, 3.63) is 11.6 Å². The Labute approximate surface area is 193 Å². The van der Waals surface area contributed by atoms with Gasteiger partial charge in [-0.3, -0.25) is 9.59 Å². The molecule has 0 aromatic heterocycles. The van der Waals surface area contributed by atoms with Crippen molar-refractivity contribution in [3.8, 4) is 0 Å². The Bertz CT molecular complexity index is 534. The fourth-order valence-corrected chi connectivity index (χ4v) is 5.60. The number of aliphatic hydroxyl groups excluding tert-OH is 1. The molecule has 3 atom stereocenters. The molecule has 1 aliphatic carbocycles. The normalized spacial score (nSPS) is 22.5. The Morgan fingerprint density at radius 1 is 1.03 bits per heavy atom. The number of carbonyl (C=O) groups excluding carboxylic acids is 1. The number of hydrogen-bond donors (Lipinski definition) is 2. The van der Waals surface area contributed by atoms with E-state index < -0.39 is 12.1 Å². The van der Waals surface area contributed by atoms with Crippen molar-refractivity contribution in [2.24, 2.45) is 5.92 Å². The van der Waals surface area contributed by atoms with E-state index in [1.165, 1.54) is 83.1 Å². The molecular weight excluding hydrogens is 412 g/mol. The highest BCUT2D eigenvalue weighted by Crippen LogP contribution is 2.38. The van der Waals surface area contributed by atoms with Gasteiger partial charge in [0, 0.05) is 0 Å². The smallest absolute Gasteiger partial charge is 0.315 e. The molecule has 0 aliphatic heterocycles. The molecule has 180 valence electrons. The van der Waals surface area contributed by atoms with Gasteiger partial charge in [0.25, 0.3) is 0 Å². The lowest BCUT2D eigenvalue weighted by molar-refractivity contribution is -0.139. The number of thioether (sulfide) groups is 1. The van der Waals surface area contributed by atoms with Crippen molar-refractivity contribution in [1.82, 2.24) is 0 Å². The average molecular weight is 457 g/mol. The summed E-state index contributed by atoms with van der Waals surface area (Å²) in [5.74, 6) is -1.28. The summed E-state index contributed by atoms with van der Waals surface area (Å²) >= 11 is 1.38. The van der Waals surface area contributed by atoms with Gasteiger partial charge in [-0.05, 0) is 31.6 Å². The topological polar surface area (TPSA) is 83.8 Å². The van der Waals surface area contributed by atoms with Gasteiger partial charge < -0.3 is 14.9 Å². The quantitative estimate of drug-likeness (QED) is 0.155. The molecule has 0 bridgehead atoms. The van der Waals surface area contributed by atoms with E-state index in [9.17, 15) is 14.7 Å². The van der Waals surface area contributed by atoms with Gasteiger partial charge in [-0.2, -0.15) is 0 Å². The molecule has 31 heavy (non-hydrogen) atoms. The Balaban J connectivity index is 2.34. The molecule has 0 amide bonds. The van der Waals surface area contributed by atoms with Crippen LogP contribution < -0.4 is 0 Å². The lowest BCUT2D eigenvalue weighted by Gasteiger charge is -2.36. The highest BCUT2D eigenvalue weighted by molar-refractivity contribution is 8.00. The number of methoxy groups -OCH3 is 1. The first-order valence-corrected chi connectivity index (χ1v) is 13.3. The minimum absolute atomic E-state index is 0.0255. The molecule has 1 saturated carbocycles. The van der Waals surface area contributed by atoms with E-state index in [1.54, 1.807) is 0 Å². The maximum absolute atomic E-state index is 11.6. The Hall–Kier alpha value is -1.01. The van der Waals surface area contributed by atoms with Crippen LogP contribution in [0.4, 0.5) is 0 Å². The predicted molar refractivity (Wildman–Crippen MR) is 128 cm³/mol. The van der Waals surface area contributed by atoms with E-state index in [0.717, 1.165) is 24.8 Å².